The average Bonchev–Trinajstić information content (AvgIpc) is 2.48. The molecule has 120 valence electrons. The quantitative estimate of drug-likeness (QED) is 0.562. The van der Waals surface area contributed by atoms with E-state index in [1.165, 1.54) is 12.2 Å². The van der Waals surface area contributed by atoms with Crippen LogP contribution in [0.25, 0.3) is 6.08 Å². The molecule has 0 aliphatic heterocycles. The van der Waals surface area contributed by atoms with E-state index in [4.69, 9.17) is 14.2 Å². The molecule has 0 atom stereocenters. The van der Waals surface area contributed by atoms with Crippen molar-refractivity contribution in [3.8, 4) is 5.88 Å². The summed E-state index contributed by atoms with van der Waals surface area (Å²) in [5.74, 6) is -0.620. The standard InChI is InChI=1S/C15H20N2O5/c1-5-20-12(18)9-8-11-16-13(15(19)22-7-3)10(4)14(17-11)21-6-2/h8-9H,5-7H2,1-4H3. The average molecular weight is 308 g/mol. The fourth-order valence-electron chi connectivity index (χ4n) is 1.60. The number of carbonyl (C=O) groups excluding carboxylic acids is 2. The largest absolute Gasteiger partial charge is 0.478 e. The highest BCUT2D eigenvalue weighted by molar-refractivity contribution is 5.90. The van der Waals surface area contributed by atoms with E-state index in [1.807, 2.05) is 0 Å². The zero-order valence-electron chi connectivity index (χ0n) is 13.2. The molecular formula is C15H20N2O5. The van der Waals surface area contributed by atoms with Gasteiger partial charge in [0.15, 0.2) is 11.5 Å². The van der Waals surface area contributed by atoms with Gasteiger partial charge in [-0.3, -0.25) is 0 Å². The van der Waals surface area contributed by atoms with Gasteiger partial charge in [-0.1, -0.05) is 0 Å². The third-order valence-electron chi connectivity index (χ3n) is 2.52. The van der Waals surface area contributed by atoms with Gasteiger partial charge in [-0.25, -0.2) is 14.6 Å². The summed E-state index contributed by atoms with van der Waals surface area (Å²) in [4.78, 5) is 31.5. The van der Waals surface area contributed by atoms with Crippen LogP contribution in [0.15, 0.2) is 6.08 Å². The number of hydrogen-bond donors (Lipinski definition) is 0. The van der Waals surface area contributed by atoms with Crippen LogP contribution >= 0.6 is 0 Å². The van der Waals surface area contributed by atoms with Crippen molar-refractivity contribution in [1.29, 1.82) is 0 Å². The van der Waals surface area contributed by atoms with Crippen molar-refractivity contribution >= 4 is 18.0 Å². The van der Waals surface area contributed by atoms with Crippen LogP contribution in [0, 0.1) is 6.92 Å². The van der Waals surface area contributed by atoms with E-state index >= 15 is 0 Å². The highest BCUT2D eigenvalue weighted by Crippen LogP contribution is 2.19. The van der Waals surface area contributed by atoms with Crippen LogP contribution in [0.1, 0.15) is 42.6 Å². The summed E-state index contributed by atoms with van der Waals surface area (Å²) >= 11 is 0. The zero-order chi connectivity index (χ0) is 16.5. The van der Waals surface area contributed by atoms with Crippen LogP contribution in [-0.2, 0) is 14.3 Å². The summed E-state index contributed by atoms with van der Waals surface area (Å²) in [7, 11) is 0. The zero-order valence-corrected chi connectivity index (χ0v) is 13.2. The molecule has 0 bridgehead atoms. The van der Waals surface area contributed by atoms with E-state index in [1.54, 1.807) is 27.7 Å². The van der Waals surface area contributed by atoms with Crippen molar-refractivity contribution in [2.24, 2.45) is 0 Å². The summed E-state index contributed by atoms with van der Waals surface area (Å²) in [6.45, 7) is 7.80. The lowest BCUT2D eigenvalue weighted by molar-refractivity contribution is -0.137. The summed E-state index contributed by atoms with van der Waals surface area (Å²) in [5.41, 5.74) is 0.609. The number of nitrogens with zero attached hydrogens (tertiary/aromatic N) is 2. The monoisotopic (exact) mass is 308 g/mol. The molecule has 0 amide bonds. The van der Waals surface area contributed by atoms with Crippen LogP contribution in [0.2, 0.25) is 0 Å². The maximum absolute atomic E-state index is 11.9. The van der Waals surface area contributed by atoms with Crippen molar-refractivity contribution in [2.75, 3.05) is 19.8 Å². The Hall–Kier alpha value is -2.44. The molecule has 1 heterocycles. The first-order chi connectivity index (χ1) is 10.5. The third kappa shape index (κ3) is 4.83. The Balaban J connectivity index is 3.17. The lowest BCUT2D eigenvalue weighted by atomic mass is 10.2. The molecule has 0 spiro atoms. The maximum Gasteiger partial charge on any atom is 0.357 e. The fraction of sp³-hybridized carbons (Fsp3) is 0.467. The molecule has 0 saturated carbocycles. The molecule has 0 aliphatic carbocycles. The minimum Gasteiger partial charge on any atom is -0.478 e. The molecule has 1 rings (SSSR count). The second kappa shape index (κ2) is 8.76. The molecule has 1 aromatic rings. The smallest absolute Gasteiger partial charge is 0.357 e. The van der Waals surface area contributed by atoms with Gasteiger partial charge in [-0.05, 0) is 33.8 Å². The van der Waals surface area contributed by atoms with Crippen molar-refractivity contribution in [3.63, 3.8) is 0 Å². The lowest BCUT2D eigenvalue weighted by Crippen LogP contribution is -2.13. The number of rotatable bonds is 7. The highest BCUT2D eigenvalue weighted by Gasteiger charge is 2.18. The molecule has 0 N–H and O–H groups in total. The van der Waals surface area contributed by atoms with Gasteiger partial charge < -0.3 is 14.2 Å². The van der Waals surface area contributed by atoms with Gasteiger partial charge in [0.25, 0.3) is 0 Å². The van der Waals surface area contributed by atoms with E-state index in [2.05, 4.69) is 9.97 Å². The van der Waals surface area contributed by atoms with E-state index in [0.717, 1.165) is 0 Å². The number of aromatic nitrogens is 2. The number of ether oxygens (including phenoxy) is 3. The Morgan fingerprint density at radius 3 is 2.32 bits per heavy atom. The van der Waals surface area contributed by atoms with Gasteiger partial charge in [-0.2, -0.15) is 4.98 Å². The number of hydrogen-bond acceptors (Lipinski definition) is 7. The van der Waals surface area contributed by atoms with Crippen LogP contribution < -0.4 is 4.74 Å². The van der Waals surface area contributed by atoms with Crippen LogP contribution in [-0.4, -0.2) is 41.7 Å². The van der Waals surface area contributed by atoms with E-state index < -0.39 is 11.9 Å². The topological polar surface area (TPSA) is 87.6 Å². The number of esters is 2. The van der Waals surface area contributed by atoms with E-state index in [-0.39, 0.29) is 30.6 Å². The molecule has 0 unspecified atom stereocenters. The molecule has 0 fully saturated rings. The van der Waals surface area contributed by atoms with Crippen LogP contribution in [0.3, 0.4) is 0 Å². The molecule has 7 nitrogen and oxygen atoms in total. The molecule has 0 saturated heterocycles. The first kappa shape index (κ1) is 17.6. The molecule has 7 heteroatoms. The molecule has 0 radical (unpaired) electrons. The van der Waals surface area contributed by atoms with Gasteiger partial charge in [0.1, 0.15) is 0 Å². The van der Waals surface area contributed by atoms with Gasteiger partial charge in [0.05, 0.1) is 19.8 Å². The fourth-order valence-corrected chi connectivity index (χ4v) is 1.60. The van der Waals surface area contributed by atoms with Gasteiger partial charge in [0.2, 0.25) is 5.88 Å². The number of carbonyl (C=O) groups is 2. The molecule has 0 aliphatic rings. The Morgan fingerprint density at radius 2 is 1.73 bits per heavy atom. The molecule has 0 aromatic carbocycles. The second-order valence-electron chi connectivity index (χ2n) is 4.10. The lowest BCUT2D eigenvalue weighted by Gasteiger charge is -2.10. The maximum atomic E-state index is 11.9. The van der Waals surface area contributed by atoms with Crippen molar-refractivity contribution < 1.29 is 23.8 Å². The predicted molar refractivity (Wildman–Crippen MR) is 79.6 cm³/mol. The summed E-state index contributed by atoms with van der Waals surface area (Å²) < 4.78 is 15.1. The second-order valence-corrected chi connectivity index (χ2v) is 4.10. The van der Waals surface area contributed by atoms with Crippen molar-refractivity contribution in [1.82, 2.24) is 9.97 Å². The van der Waals surface area contributed by atoms with Crippen LogP contribution in [0.5, 0.6) is 5.88 Å². The first-order valence-electron chi connectivity index (χ1n) is 7.06. The highest BCUT2D eigenvalue weighted by atomic mass is 16.5. The molecular weight excluding hydrogens is 288 g/mol. The summed E-state index contributed by atoms with van der Waals surface area (Å²) in [6.07, 6.45) is 2.56. The van der Waals surface area contributed by atoms with E-state index in [0.29, 0.717) is 12.2 Å². The normalized spacial score (nSPS) is 10.5. The first-order valence-corrected chi connectivity index (χ1v) is 7.06. The third-order valence-corrected chi connectivity index (χ3v) is 2.52. The minimum atomic E-state index is -0.561. The summed E-state index contributed by atoms with van der Waals surface area (Å²) in [5, 5.41) is 0. The Kier molecular flexibility index (Phi) is 7.01. The van der Waals surface area contributed by atoms with Gasteiger partial charge in [0, 0.05) is 11.6 Å². The molecule has 22 heavy (non-hydrogen) atoms. The molecule has 1 aromatic heterocycles. The Labute approximate surface area is 129 Å². The SMILES string of the molecule is CCOC(=O)C=Cc1nc(OCC)c(C)c(C(=O)OCC)n1. The van der Waals surface area contributed by atoms with Gasteiger partial charge >= 0.3 is 11.9 Å². The summed E-state index contributed by atoms with van der Waals surface area (Å²) in [6, 6.07) is 0. The minimum absolute atomic E-state index is 0.115. The Morgan fingerprint density at radius 1 is 1.05 bits per heavy atom. The van der Waals surface area contributed by atoms with Crippen molar-refractivity contribution in [3.05, 3.63) is 23.2 Å². The van der Waals surface area contributed by atoms with E-state index in [9.17, 15) is 9.59 Å². The Bertz CT molecular complexity index is 569. The predicted octanol–water partition coefficient (Wildman–Crippen LogP) is 1.94. The van der Waals surface area contributed by atoms with Crippen LogP contribution in [0.4, 0.5) is 0 Å². The van der Waals surface area contributed by atoms with Gasteiger partial charge in [-0.15, -0.1) is 0 Å². The van der Waals surface area contributed by atoms with Crippen molar-refractivity contribution in [2.45, 2.75) is 27.7 Å².